The zero-order chi connectivity index (χ0) is 14.1. The lowest BCUT2D eigenvalue weighted by atomic mass is 10.1. The molecule has 1 N–H and O–H groups in total. The highest BCUT2D eigenvalue weighted by molar-refractivity contribution is 6.31. The highest BCUT2D eigenvalue weighted by atomic mass is 35.5. The summed E-state index contributed by atoms with van der Waals surface area (Å²) in [4.78, 5) is 4.48. The molecule has 0 amide bonds. The highest BCUT2D eigenvalue weighted by Crippen LogP contribution is 2.28. The topological polar surface area (TPSA) is 24.9 Å². The Bertz CT molecular complexity index is 787. The van der Waals surface area contributed by atoms with Crippen LogP contribution < -0.4 is 5.32 Å². The first-order valence-electron chi connectivity index (χ1n) is 6.22. The molecule has 0 spiro atoms. The summed E-state index contributed by atoms with van der Waals surface area (Å²) in [5.41, 5.74) is 3.51. The average molecular weight is 287 g/mol. The van der Waals surface area contributed by atoms with E-state index in [0.717, 1.165) is 28.0 Å². The maximum Gasteiger partial charge on any atom is 0.141 e. The third-order valence-electron chi connectivity index (χ3n) is 3.04. The predicted octanol–water partition coefficient (Wildman–Crippen LogP) is 5.08. The molecule has 0 radical (unpaired) electrons. The molecule has 0 atom stereocenters. The van der Waals surface area contributed by atoms with Crippen molar-refractivity contribution >= 4 is 33.9 Å². The van der Waals surface area contributed by atoms with E-state index in [2.05, 4.69) is 10.3 Å². The number of benzene rings is 2. The van der Waals surface area contributed by atoms with Crippen LogP contribution in [-0.2, 0) is 0 Å². The van der Waals surface area contributed by atoms with Crippen LogP contribution in [0.3, 0.4) is 0 Å². The van der Waals surface area contributed by atoms with Crippen LogP contribution in [0.5, 0.6) is 0 Å². The zero-order valence-corrected chi connectivity index (χ0v) is 11.6. The van der Waals surface area contributed by atoms with Crippen molar-refractivity contribution in [3.8, 4) is 0 Å². The normalized spacial score (nSPS) is 10.8. The Labute approximate surface area is 121 Å². The Morgan fingerprint density at radius 2 is 1.90 bits per heavy atom. The van der Waals surface area contributed by atoms with Crippen molar-refractivity contribution in [1.29, 1.82) is 0 Å². The number of hydrogen-bond donors (Lipinski definition) is 1. The molecule has 20 heavy (non-hydrogen) atoms. The number of hydrogen-bond acceptors (Lipinski definition) is 2. The van der Waals surface area contributed by atoms with Gasteiger partial charge in [-0.25, -0.2) is 4.39 Å². The summed E-state index contributed by atoms with van der Waals surface area (Å²) in [6.07, 6.45) is 0. The molecule has 4 heteroatoms. The molecule has 0 aliphatic heterocycles. The minimum Gasteiger partial charge on any atom is -0.355 e. The summed E-state index contributed by atoms with van der Waals surface area (Å²) in [7, 11) is 0. The maximum absolute atomic E-state index is 13.2. The molecule has 0 saturated carbocycles. The molecular formula is C16H12ClFN2. The zero-order valence-electron chi connectivity index (χ0n) is 10.8. The van der Waals surface area contributed by atoms with Gasteiger partial charge >= 0.3 is 0 Å². The van der Waals surface area contributed by atoms with E-state index in [1.807, 2.05) is 37.3 Å². The molecule has 2 aromatic carbocycles. The molecule has 1 heterocycles. The minimum absolute atomic E-state index is 0.102. The molecule has 0 aliphatic rings. The lowest BCUT2D eigenvalue weighted by molar-refractivity contribution is 0.628. The van der Waals surface area contributed by atoms with E-state index >= 15 is 0 Å². The van der Waals surface area contributed by atoms with Gasteiger partial charge in [-0.2, -0.15) is 0 Å². The van der Waals surface area contributed by atoms with Gasteiger partial charge in [-0.15, -0.1) is 0 Å². The smallest absolute Gasteiger partial charge is 0.141 e. The van der Waals surface area contributed by atoms with E-state index < -0.39 is 5.82 Å². The number of aryl methyl sites for hydroxylation is 1. The number of anilines is 2. The van der Waals surface area contributed by atoms with Gasteiger partial charge in [0.15, 0.2) is 0 Å². The Morgan fingerprint density at radius 1 is 1.10 bits per heavy atom. The quantitative estimate of drug-likeness (QED) is 0.710. The number of nitrogens with one attached hydrogen (secondary N) is 1. The molecule has 1 aromatic heterocycles. The number of halogens is 2. The highest BCUT2D eigenvalue weighted by Gasteiger charge is 2.05. The molecule has 0 saturated heterocycles. The van der Waals surface area contributed by atoms with E-state index in [1.54, 1.807) is 12.1 Å². The van der Waals surface area contributed by atoms with Gasteiger partial charge in [0.2, 0.25) is 0 Å². The second kappa shape index (κ2) is 5.10. The van der Waals surface area contributed by atoms with Crippen molar-refractivity contribution in [2.75, 3.05) is 5.32 Å². The van der Waals surface area contributed by atoms with Crippen molar-refractivity contribution in [2.45, 2.75) is 6.92 Å². The van der Waals surface area contributed by atoms with Crippen molar-refractivity contribution in [3.63, 3.8) is 0 Å². The summed E-state index contributed by atoms with van der Waals surface area (Å²) >= 11 is 5.80. The fraction of sp³-hybridized carbons (Fsp3) is 0.0625. The van der Waals surface area contributed by atoms with Crippen molar-refractivity contribution in [1.82, 2.24) is 4.98 Å². The molecule has 0 aliphatic carbocycles. The molecule has 3 rings (SSSR count). The molecule has 0 unspecified atom stereocenters. The first-order valence-corrected chi connectivity index (χ1v) is 6.60. The second-order valence-corrected chi connectivity index (χ2v) is 4.99. The van der Waals surface area contributed by atoms with Crippen LogP contribution >= 0.6 is 11.6 Å². The van der Waals surface area contributed by atoms with Crippen LogP contribution in [0.1, 0.15) is 5.69 Å². The number of pyridine rings is 1. The van der Waals surface area contributed by atoms with Gasteiger partial charge in [-0.05, 0) is 37.3 Å². The van der Waals surface area contributed by atoms with E-state index in [1.165, 1.54) is 6.07 Å². The Hall–Kier alpha value is -2.13. The SMILES string of the molecule is Cc1cc(Nc2ccc(F)c(Cl)c2)c2ccccc2n1. The maximum atomic E-state index is 13.2. The third kappa shape index (κ3) is 2.45. The fourth-order valence-corrected chi connectivity index (χ4v) is 2.32. The third-order valence-corrected chi connectivity index (χ3v) is 3.33. The summed E-state index contributed by atoms with van der Waals surface area (Å²) in [6, 6.07) is 14.4. The van der Waals surface area contributed by atoms with Crippen LogP contribution in [-0.4, -0.2) is 4.98 Å². The van der Waals surface area contributed by atoms with Crippen LogP contribution in [0.2, 0.25) is 5.02 Å². The number of para-hydroxylation sites is 1. The van der Waals surface area contributed by atoms with E-state index in [0.29, 0.717) is 0 Å². The van der Waals surface area contributed by atoms with Gasteiger partial charge < -0.3 is 5.32 Å². The Balaban J connectivity index is 2.07. The number of nitrogens with zero attached hydrogens (tertiary/aromatic N) is 1. The molecule has 0 bridgehead atoms. The predicted molar refractivity (Wildman–Crippen MR) is 81.2 cm³/mol. The molecule has 100 valence electrons. The van der Waals surface area contributed by atoms with Crippen molar-refractivity contribution < 1.29 is 4.39 Å². The lowest BCUT2D eigenvalue weighted by Gasteiger charge is -2.11. The second-order valence-electron chi connectivity index (χ2n) is 4.58. The van der Waals surface area contributed by atoms with Gasteiger partial charge in [0.25, 0.3) is 0 Å². The van der Waals surface area contributed by atoms with Gasteiger partial charge in [-0.1, -0.05) is 29.8 Å². The minimum atomic E-state index is -0.423. The fourth-order valence-electron chi connectivity index (χ4n) is 2.14. The monoisotopic (exact) mass is 286 g/mol. The summed E-state index contributed by atoms with van der Waals surface area (Å²) in [5, 5.41) is 4.38. The van der Waals surface area contributed by atoms with Crippen LogP contribution in [0.25, 0.3) is 10.9 Å². The van der Waals surface area contributed by atoms with Crippen molar-refractivity contribution in [2.24, 2.45) is 0 Å². The summed E-state index contributed by atoms with van der Waals surface area (Å²) in [5.74, 6) is -0.423. The molecule has 3 aromatic rings. The largest absolute Gasteiger partial charge is 0.355 e. The lowest BCUT2D eigenvalue weighted by Crippen LogP contribution is -1.95. The Kier molecular flexibility index (Phi) is 3.28. The average Bonchev–Trinajstić information content (AvgIpc) is 2.43. The summed E-state index contributed by atoms with van der Waals surface area (Å²) in [6.45, 7) is 1.94. The van der Waals surface area contributed by atoms with Crippen LogP contribution in [0, 0.1) is 12.7 Å². The number of fused-ring (bicyclic) bond motifs is 1. The number of rotatable bonds is 2. The van der Waals surface area contributed by atoms with Gasteiger partial charge in [0.05, 0.1) is 10.5 Å². The van der Waals surface area contributed by atoms with E-state index in [4.69, 9.17) is 11.6 Å². The number of aromatic nitrogens is 1. The Morgan fingerprint density at radius 3 is 2.70 bits per heavy atom. The molecule has 0 fully saturated rings. The van der Waals surface area contributed by atoms with Gasteiger partial charge in [0, 0.05) is 22.5 Å². The van der Waals surface area contributed by atoms with Crippen LogP contribution in [0.4, 0.5) is 15.8 Å². The van der Waals surface area contributed by atoms with Crippen LogP contribution in [0.15, 0.2) is 48.5 Å². The van der Waals surface area contributed by atoms with Gasteiger partial charge in [-0.3, -0.25) is 4.98 Å². The first-order chi connectivity index (χ1) is 9.63. The van der Waals surface area contributed by atoms with E-state index in [9.17, 15) is 4.39 Å². The standard InChI is InChI=1S/C16H12ClFN2/c1-10-8-16(12-4-2-3-5-15(12)19-10)20-11-6-7-14(18)13(17)9-11/h2-9H,1H3,(H,19,20). The first kappa shape index (κ1) is 12.9. The summed E-state index contributed by atoms with van der Waals surface area (Å²) < 4.78 is 13.2. The van der Waals surface area contributed by atoms with Crippen molar-refractivity contribution in [3.05, 3.63) is 65.1 Å². The molecular weight excluding hydrogens is 275 g/mol. The van der Waals surface area contributed by atoms with E-state index in [-0.39, 0.29) is 5.02 Å². The molecule has 2 nitrogen and oxygen atoms in total. The van der Waals surface area contributed by atoms with Gasteiger partial charge in [0.1, 0.15) is 5.82 Å².